The highest BCUT2D eigenvalue weighted by atomic mass is 35.5. The van der Waals surface area contributed by atoms with Crippen LogP contribution in [-0.4, -0.2) is 40.4 Å². The van der Waals surface area contributed by atoms with E-state index in [1.807, 2.05) is 0 Å². The Morgan fingerprint density at radius 2 is 1.91 bits per heavy atom. The molecule has 0 aliphatic rings. The number of carbonyl (C=O) groups is 1. The van der Waals surface area contributed by atoms with Gasteiger partial charge in [-0.05, 0) is 54.6 Å². The Morgan fingerprint density at radius 3 is 2.70 bits per heavy atom. The fourth-order valence-corrected chi connectivity index (χ4v) is 4.82. The lowest BCUT2D eigenvalue weighted by Crippen LogP contribution is -2.21. The highest BCUT2D eigenvalue weighted by molar-refractivity contribution is 6.31. The van der Waals surface area contributed by atoms with E-state index in [9.17, 15) is 24.1 Å². The first-order valence-corrected chi connectivity index (χ1v) is 13.9. The second kappa shape index (κ2) is 12.5. The van der Waals surface area contributed by atoms with Crippen molar-refractivity contribution in [2.45, 2.75) is 0 Å². The van der Waals surface area contributed by atoms with E-state index in [-0.39, 0.29) is 39.7 Å². The molecule has 0 aliphatic carbocycles. The summed E-state index contributed by atoms with van der Waals surface area (Å²) in [5, 5.41) is 20.2. The van der Waals surface area contributed by atoms with Gasteiger partial charge < -0.3 is 19.2 Å². The molecule has 6 aromatic rings. The van der Waals surface area contributed by atoms with Crippen LogP contribution in [0.5, 0.6) is 11.5 Å². The van der Waals surface area contributed by atoms with Crippen LogP contribution in [0.4, 0.5) is 15.8 Å². The summed E-state index contributed by atoms with van der Waals surface area (Å²) in [4.78, 5) is 41.9. The predicted octanol–water partition coefficient (Wildman–Crippen LogP) is 6.42. The fraction of sp³-hybridized carbons (Fsp3) is 0.0625. The van der Waals surface area contributed by atoms with E-state index in [1.165, 1.54) is 43.7 Å². The highest BCUT2D eigenvalue weighted by Gasteiger charge is 2.24. The minimum atomic E-state index is -0.754. The Morgan fingerprint density at radius 1 is 1.13 bits per heavy atom. The molecular formula is C32H21ClFN5O7. The molecule has 0 fully saturated rings. The van der Waals surface area contributed by atoms with Crippen LogP contribution in [0.15, 0.2) is 99.2 Å². The summed E-state index contributed by atoms with van der Waals surface area (Å²) < 4.78 is 31.7. The smallest absolute Gasteiger partial charge is 0.315 e. The minimum Gasteiger partial charge on any atom is -0.493 e. The average Bonchev–Trinajstić information content (AvgIpc) is 3.47. The second-order valence-corrected chi connectivity index (χ2v) is 10.2. The molecule has 1 N–H and O–H groups in total. The van der Waals surface area contributed by atoms with Crippen molar-refractivity contribution in [1.82, 2.24) is 9.66 Å². The predicted molar refractivity (Wildman–Crippen MR) is 169 cm³/mol. The number of benzene rings is 4. The topological polar surface area (TPSA) is 151 Å². The fourth-order valence-electron chi connectivity index (χ4n) is 4.64. The van der Waals surface area contributed by atoms with Crippen molar-refractivity contribution < 1.29 is 28.0 Å². The van der Waals surface area contributed by atoms with Crippen molar-refractivity contribution in [3.63, 3.8) is 0 Å². The molecule has 2 heterocycles. The number of furan rings is 1. The van der Waals surface area contributed by atoms with Gasteiger partial charge in [-0.25, -0.2) is 9.37 Å². The minimum absolute atomic E-state index is 0.0756. The number of hydrogen-bond acceptors (Lipinski definition) is 9. The zero-order chi connectivity index (χ0) is 32.4. The van der Waals surface area contributed by atoms with E-state index in [4.69, 9.17) is 25.5 Å². The van der Waals surface area contributed by atoms with Gasteiger partial charge in [0.15, 0.2) is 18.1 Å². The van der Waals surface area contributed by atoms with Crippen molar-refractivity contribution in [2.75, 3.05) is 19.0 Å². The van der Waals surface area contributed by atoms with Crippen LogP contribution >= 0.6 is 11.6 Å². The highest BCUT2D eigenvalue weighted by Crippen LogP contribution is 2.38. The third-order valence-electron chi connectivity index (χ3n) is 6.74. The number of para-hydroxylation sites is 2. The number of aromatic nitrogens is 2. The maximum Gasteiger partial charge on any atom is 0.315 e. The molecule has 0 aliphatic heterocycles. The van der Waals surface area contributed by atoms with Crippen LogP contribution < -0.4 is 20.3 Å². The molecule has 0 radical (unpaired) electrons. The number of ether oxygens (including phenoxy) is 2. The number of nitrogens with one attached hydrogen (secondary N) is 1. The van der Waals surface area contributed by atoms with Gasteiger partial charge in [-0.15, -0.1) is 0 Å². The molecule has 6 rings (SSSR count). The van der Waals surface area contributed by atoms with Gasteiger partial charge in [-0.1, -0.05) is 35.9 Å². The largest absolute Gasteiger partial charge is 0.493 e. The lowest BCUT2D eigenvalue weighted by atomic mass is 10.2. The summed E-state index contributed by atoms with van der Waals surface area (Å²) in [5.74, 6) is -1.52. The van der Waals surface area contributed by atoms with Gasteiger partial charge in [0, 0.05) is 22.0 Å². The van der Waals surface area contributed by atoms with E-state index in [2.05, 4.69) is 15.4 Å². The van der Waals surface area contributed by atoms with Crippen LogP contribution in [-0.2, 0) is 4.79 Å². The number of anilines is 1. The molecule has 0 unspecified atom stereocenters. The maximum atomic E-state index is 13.9. The molecule has 46 heavy (non-hydrogen) atoms. The van der Waals surface area contributed by atoms with E-state index < -0.39 is 34.5 Å². The van der Waals surface area contributed by atoms with Gasteiger partial charge >= 0.3 is 5.69 Å². The Labute approximate surface area is 263 Å². The van der Waals surface area contributed by atoms with E-state index in [1.54, 1.807) is 48.5 Å². The number of rotatable bonds is 9. The summed E-state index contributed by atoms with van der Waals surface area (Å²) in [7, 11) is 1.26. The van der Waals surface area contributed by atoms with Crippen LogP contribution in [0, 0.1) is 15.9 Å². The summed E-state index contributed by atoms with van der Waals surface area (Å²) in [5.41, 5.74) is -0.0564. The molecule has 2 aromatic heterocycles. The Balaban J connectivity index is 1.37. The molecular weight excluding hydrogens is 621 g/mol. The monoisotopic (exact) mass is 641 g/mol. The Bertz CT molecular complexity index is 2250. The molecule has 0 saturated carbocycles. The van der Waals surface area contributed by atoms with Gasteiger partial charge in [0.2, 0.25) is 11.6 Å². The van der Waals surface area contributed by atoms with Crippen molar-refractivity contribution in [1.29, 1.82) is 0 Å². The Hall–Kier alpha value is -6.08. The number of amides is 1. The number of hydrogen-bond donors (Lipinski definition) is 1. The molecule has 0 saturated heterocycles. The van der Waals surface area contributed by atoms with Gasteiger partial charge in [-0.2, -0.15) is 9.78 Å². The number of nitrogens with zero attached hydrogens (tertiary/aromatic N) is 4. The lowest BCUT2D eigenvalue weighted by Gasteiger charge is -2.12. The van der Waals surface area contributed by atoms with Crippen molar-refractivity contribution in [3.05, 3.63) is 122 Å². The molecule has 0 spiro atoms. The molecule has 14 heteroatoms. The van der Waals surface area contributed by atoms with Crippen molar-refractivity contribution in [2.24, 2.45) is 5.10 Å². The first kappa shape index (κ1) is 30.0. The van der Waals surface area contributed by atoms with Gasteiger partial charge in [-0.3, -0.25) is 19.7 Å². The van der Waals surface area contributed by atoms with E-state index in [0.29, 0.717) is 21.5 Å². The number of carbonyl (C=O) groups excluding carboxylic acids is 1. The van der Waals surface area contributed by atoms with Gasteiger partial charge in [0.1, 0.15) is 11.4 Å². The zero-order valence-electron chi connectivity index (χ0n) is 23.8. The van der Waals surface area contributed by atoms with Gasteiger partial charge in [0.05, 0.1) is 34.8 Å². The average molecular weight is 642 g/mol. The molecule has 4 aromatic carbocycles. The quantitative estimate of drug-likeness (QED) is 0.108. The lowest BCUT2D eigenvalue weighted by molar-refractivity contribution is -0.385. The first-order valence-electron chi connectivity index (χ1n) is 13.5. The molecule has 0 atom stereocenters. The molecule has 230 valence electrons. The number of nitro groups is 1. The number of nitro benzene ring substituents is 1. The third kappa shape index (κ3) is 5.99. The van der Waals surface area contributed by atoms with Crippen LogP contribution in [0.1, 0.15) is 5.56 Å². The standard InChI is InChI=1S/C32H21ClFN5O7/c1-44-27-13-18(12-25(39(42)43)30(27)45-17-29(40)36-24-9-5-3-7-22(24)34)16-35-38-31(37-23-8-4-2-6-21(23)32(38)41)28-15-19-14-20(33)10-11-26(19)46-28/h2-16H,17H2,1H3,(H,36,40). The summed E-state index contributed by atoms with van der Waals surface area (Å²) >= 11 is 6.13. The van der Waals surface area contributed by atoms with Gasteiger partial charge in [0.25, 0.3) is 11.5 Å². The number of halogens is 2. The van der Waals surface area contributed by atoms with E-state index >= 15 is 0 Å². The summed E-state index contributed by atoms with van der Waals surface area (Å²) in [6.45, 7) is -0.677. The van der Waals surface area contributed by atoms with Crippen molar-refractivity contribution >= 4 is 57.0 Å². The number of fused-ring (bicyclic) bond motifs is 2. The van der Waals surface area contributed by atoms with E-state index in [0.717, 1.165) is 10.7 Å². The molecule has 0 bridgehead atoms. The maximum absolute atomic E-state index is 13.9. The third-order valence-corrected chi connectivity index (χ3v) is 6.98. The SMILES string of the molecule is COc1cc(C=Nn2c(-c3cc4cc(Cl)ccc4o3)nc3ccccc3c2=O)cc([N+](=O)[O-])c1OCC(=O)Nc1ccccc1F. The number of methoxy groups -OCH3 is 1. The molecule has 1 amide bonds. The molecule has 12 nitrogen and oxygen atoms in total. The normalized spacial score (nSPS) is 11.3. The summed E-state index contributed by atoms with van der Waals surface area (Å²) in [6, 6.07) is 21.5. The van der Waals surface area contributed by atoms with Crippen molar-refractivity contribution in [3.8, 4) is 23.1 Å². The van der Waals surface area contributed by atoms with Crippen LogP contribution in [0.3, 0.4) is 0 Å². The van der Waals surface area contributed by atoms with Crippen LogP contribution in [0.2, 0.25) is 5.02 Å². The zero-order valence-corrected chi connectivity index (χ0v) is 24.5. The second-order valence-electron chi connectivity index (χ2n) is 9.75. The Kier molecular flexibility index (Phi) is 8.14. The first-order chi connectivity index (χ1) is 22.2. The summed E-state index contributed by atoms with van der Waals surface area (Å²) in [6.07, 6.45) is 1.21. The van der Waals surface area contributed by atoms with Crippen LogP contribution in [0.25, 0.3) is 33.5 Å².